The molecule has 5 nitrogen and oxygen atoms in total. The second-order valence-corrected chi connectivity index (χ2v) is 6.54. The van der Waals surface area contributed by atoms with Gasteiger partial charge in [0.2, 0.25) is 10.0 Å². The van der Waals surface area contributed by atoms with E-state index in [0.717, 1.165) is 0 Å². The molecule has 0 aliphatic rings. The van der Waals surface area contributed by atoms with Crippen molar-refractivity contribution < 1.29 is 17.9 Å². The lowest BCUT2D eigenvalue weighted by Crippen LogP contribution is -2.42. The van der Waals surface area contributed by atoms with Crippen molar-refractivity contribution >= 4 is 16.0 Å². The maximum atomic E-state index is 12.2. The molecular weight excluding hydrogens is 266 g/mol. The highest BCUT2D eigenvalue weighted by Gasteiger charge is 2.25. The minimum absolute atomic E-state index is 0.0527. The number of esters is 1. The maximum absolute atomic E-state index is 12.2. The molecule has 0 amide bonds. The molecule has 0 bridgehead atoms. The van der Waals surface area contributed by atoms with Crippen molar-refractivity contribution in [3.63, 3.8) is 0 Å². The van der Waals surface area contributed by atoms with Gasteiger partial charge in [-0.1, -0.05) is 13.0 Å². The molecular formula is C13H19NO4S. The second-order valence-electron chi connectivity index (χ2n) is 4.86. The van der Waals surface area contributed by atoms with Crippen molar-refractivity contribution in [2.24, 2.45) is 0 Å². The minimum Gasteiger partial charge on any atom is -0.465 e. The molecule has 0 aliphatic heterocycles. The normalized spacial score (nSPS) is 12.2. The van der Waals surface area contributed by atoms with Gasteiger partial charge in [0.05, 0.1) is 17.6 Å². The summed E-state index contributed by atoms with van der Waals surface area (Å²) in [5.41, 5.74) is -0.334. The molecule has 6 heteroatoms. The van der Waals surface area contributed by atoms with Crippen LogP contribution < -0.4 is 4.72 Å². The van der Waals surface area contributed by atoms with Gasteiger partial charge < -0.3 is 4.74 Å². The van der Waals surface area contributed by atoms with E-state index in [0.29, 0.717) is 6.42 Å². The molecule has 0 unspecified atom stereocenters. The first kappa shape index (κ1) is 15.7. The molecule has 0 saturated heterocycles. The van der Waals surface area contributed by atoms with Gasteiger partial charge in [-0.2, -0.15) is 0 Å². The zero-order valence-corrected chi connectivity index (χ0v) is 12.4. The highest BCUT2D eigenvalue weighted by atomic mass is 32.2. The van der Waals surface area contributed by atoms with Crippen molar-refractivity contribution in [1.82, 2.24) is 4.72 Å². The summed E-state index contributed by atoms with van der Waals surface area (Å²) in [6.07, 6.45) is 0.656. The molecule has 1 aromatic carbocycles. The number of carbonyl (C=O) groups is 1. The lowest BCUT2D eigenvalue weighted by atomic mass is 10.0. The molecule has 0 spiro atoms. The van der Waals surface area contributed by atoms with E-state index in [1.54, 1.807) is 13.8 Å². The Morgan fingerprint density at radius 3 is 2.53 bits per heavy atom. The van der Waals surface area contributed by atoms with Crippen LogP contribution >= 0.6 is 0 Å². The van der Waals surface area contributed by atoms with Gasteiger partial charge in [0, 0.05) is 5.54 Å². The molecule has 1 aromatic rings. The number of rotatable bonds is 5. The van der Waals surface area contributed by atoms with Crippen LogP contribution in [0.15, 0.2) is 29.2 Å². The SMILES string of the molecule is CCC(C)(C)NS(=O)(=O)c1cccc(C(=O)OC)c1. The van der Waals surface area contributed by atoms with E-state index in [1.807, 2.05) is 6.92 Å². The standard InChI is InChI=1S/C13H19NO4S/c1-5-13(2,3)14-19(16,17)11-8-6-7-10(9-11)12(15)18-4/h6-9,14H,5H2,1-4H3. The average Bonchev–Trinajstić information content (AvgIpc) is 2.37. The number of methoxy groups -OCH3 is 1. The molecule has 19 heavy (non-hydrogen) atoms. The highest BCUT2D eigenvalue weighted by Crippen LogP contribution is 2.17. The molecule has 1 N–H and O–H groups in total. The topological polar surface area (TPSA) is 72.5 Å². The van der Waals surface area contributed by atoms with Crippen molar-refractivity contribution in [2.45, 2.75) is 37.6 Å². The summed E-state index contributed by atoms with van der Waals surface area (Å²) in [6, 6.07) is 5.77. The lowest BCUT2D eigenvalue weighted by Gasteiger charge is -2.24. The lowest BCUT2D eigenvalue weighted by molar-refractivity contribution is 0.0600. The number of hydrogen-bond acceptors (Lipinski definition) is 4. The van der Waals surface area contributed by atoms with Gasteiger partial charge in [-0.05, 0) is 38.5 Å². The van der Waals surface area contributed by atoms with Crippen LogP contribution in [0.1, 0.15) is 37.6 Å². The highest BCUT2D eigenvalue weighted by molar-refractivity contribution is 7.89. The second kappa shape index (κ2) is 5.71. The summed E-state index contributed by atoms with van der Waals surface area (Å²) in [4.78, 5) is 11.4. The van der Waals surface area contributed by atoms with Crippen molar-refractivity contribution in [3.8, 4) is 0 Å². The van der Waals surface area contributed by atoms with Crippen molar-refractivity contribution in [2.75, 3.05) is 7.11 Å². The zero-order chi connectivity index (χ0) is 14.7. The molecule has 1 rings (SSSR count). The Hall–Kier alpha value is -1.40. The smallest absolute Gasteiger partial charge is 0.337 e. The van der Waals surface area contributed by atoms with Gasteiger partial charge >= 0.3 is 5.97 Å². The van der Waals surface area contributed by atoms with E-state index < -0.39 is 21.5 Å². The third kappa shape index (κ3) is 4.04. The van der Waals surface area contributed by atoms with Crippen LogP contribution in [-0.2, 0) is 14.8 Å². The van der Waals surface area contributed by atoms with E-state index in [1.165, 1.54) is 31.4 Å². The van der Waals surface area contributed by atoms with E-state index in [-0.39, 0.29) is 10.5 Å². The molecule has 0 fully saturated rings. The van der Waals surface area contributed by atoms with Gasteiger partial charge in [-0.25, -0.2) is 17.9 Å². The monoisotopic (exact) mass is 285 g/mol. The summed E-state index contributed by atoms with van der Waals surface area (Å²) in [6.45, 7) is 5.50. The third-order valence-electron chi connectivity index (χ3n) is 2.86. The van der Waals surface area contributed by atoms with Crippen LogP contribution in [0.3, 0.4) is 0 Å². The quantitative estimate of drug-likeness (QED) is 0.839. The van der Waals surface area contributed by atoms with Gasteiger partial charge in [-0.15, -0.1) is 0 Å². The first-order valence-electron chi connectivity index (χ1n) is 5.94. The van der Waals surface area contributed by atoms with Crippen molar-refractivity contribution in [1.29, 1.82) is 0 Å². The molecule has 0 aliphatic carbocycles. The molecule has 0 saturated carbocycles. The Labute approximate surface area is 114 Å². The van der Waals surface area contributed by atoms with Crippen LogP contribution in [0.25, 0.3) is 0 Å². The van der Waals surface area contributed by atoms with Crippen LogP contribution in [0.5, 0.6) is 0 Å². The van der Waals surface area contributed by atoms with E-state index in [4.69, 9.17) is 0 Å². The molecule has 0 atom stereocenters. The average molecular weight is 285 g/mol. The number of carbonyl (C=O) groups excluding carboxylic acids is 1. The minimum atomic E-state index is -3.65. The number of sulfonamides is 1. The Balaban J connectivity index is 3.12. The number of hydrogen-bond donors (Lipinski definition) is 1. The first-order chi connectivity index (χ1) is 8.72. The Kier molecular flexibility index (Phi) is 4.70. The first-order valence-corrected chi connectivity index (χ1v) is 7.42. The number of nitrogens with one attached hydrogen (secondary N) is 1. The van der Waals surface area contributed by atoms with Crippen molar-refractivity contribution in [3.05, 3.63) is 29.8 Å². The summed E-state index contributed by atoms with van der Waals surface area (Å²) < 4.78 is 31.6. The third-order valence-corrected chi connectivity index (χ3v) is 4.56. The summed E-state index contributed by atoms with van der Waals surface area (Å²) in [5.74, 6) is -0.563. The predicted octanol–water partition coefficient (Wildman–Crippen LogP) is 1.94. The Bertz CT molecular complexity index is 564. The zero-order valence-electron chi connectivity index (χ0n) is 11.6. The fraction of sp³-hybridized carbons (Fsp3) is 0.462. The molecule has 0 heterocycles. The largest absolute Gasteiger partial charge is 0.465 e. The van der Waals surface area contributed by atoms with Gasteiger partial charge in [0.25, 0.3) is 0 Å². The molecule has 0 aromatic heterocycles. The van der Waals surface area contributed by atoms with Gasteiger partial charge in [0.15, 0.2) is 0 Å². The summed E-state index contributed by atoms with van der Waals surface area (Å²) >= 11 is 0. The van der Waals surface area contributed by atoms with Crippen LogP contribution in [-0.4, -0.2) is 27.0 Å². The van der Waals surface area contributed by atoms with E-state index >= 15 is 0 Å². The molecule has 0 radical (unpaired) electrons. The van der Waals surface area contributed by atoms with Gasteiger partial charge in [0.1, 0.15) is 0 Å². The summed E-state index contributed by atoms with van der Waals surface area (Å²) in [5, 5.41) is 0. The fourth-order valence-electron chi connectivity index (χ4n) is 1.40. The van der Waals surface area contributed by atoms with E-state index in [9.17, 15) is 13.2 Å². The summed E-state index contributed by atoms with van der Waals surface area (Å²) in [7, 11) is -2.40. The van der Waals surface area contributed by atoms with Crippen LogP contribution in [0, 0.1) is 0 Å². The van der Waals surface area contributed by atoms with Crippen LogP contribution in [0.2, 0.25) is 0 Å². The molecule has 106 valence electrons. The maximum Gasteiger partial charge on any atom is 0.337 e. The fourth-order valence-corrected chi connectivity index (χ4v) is 2.93. The van der Waals surface area contributed by atoms with E-state index in [2.05, 4.69) is 9.46 Å². The Morgan fingerprint density at radius 1 is 1.37 bits per heavy atom. The van der Waals surface area contributed by atoms with Gasteiger partial charge in [-0.3, -0.25) is 0 Å². The number of benzene rings is 1. The Morgan fingerprint density at radius 2 is 2.00 bits per heavy atom. The number of ether oxygens (including phenoxy) is 1. The predicted molar refractivity (Wildman–Crippen MR) is 72.5 cm³/mol. The van der Waals surface area contributed by atoms with Crippen LogP contribution in [0.4, 0.5) is 0 Å².